The molecule has 0 radical (unpaired) electrons. The fourth-order valence-corrected chi connectivity index (χ4v) is 8.23. The number of amides is 2. The Balaban J connectivity index is 1.55. The summed E-state index contributed by atoms with van der Waals surface area (Å²) in [5, 5.41) is 0.599. The van der Waals surface area contributed by atoms with Crippen LogP contribution < -0.4 is 4.74 Å². The number of benzene rings is 1. The van der Waals surface area contributed by atoms with E-state index < -0.39 is 23.3 Å². The van der Waals surface area contributed by atoms with Crippen LogP contribution in [0.25, 0.3) is 0 Å². The third kappa shape index (κ3) is 3.40. The molecule has 5 rings (SSSR count). The molecule has 34 heavy (non-hydrogen) atoms. The number of esters is 1. The highest BCUT2D eigenvalue weighted by atomic mass is 32.2. The number of thioether (sulfide) groups is 1. The highest BCUT2D eigenvalue weighted by Crippen LogP contribution is 2.59. The Hall–Kier alpha value is -2.06. The van der Waals surface area contributed by atoms with E-state index in [-0.39, 0.29) is 17.9 Å². The van der Waals surface area contributed by atoms with Gasteiger partial charge in [-0.05, 0) is 56.8 Å². The Morgan fingerprint density at radius 3 is 2.56 bits per heavy atom. The van der Waals surface area contributed by atoms with E-state index in [1.165, 1.54) is 44.1 Å². The minimum atomic E-state index is -1.08. The van der Waals surface area contributed by atoms with Crippen LogP contribution in [0.4, 0.5) is 0 Å². The molecule has 1 aliphatic carbocycles. The van der Waals surface area contributed by atoms with Gasteiger partial charge < -0.3 is 9.47 Å². The van der Waals surface area contributed by atoms with Crippen LogP contribution in [0.15, 0.2) is 23.1 Å². The summed E-state index contributed by atoms with van der Waals surface area (Å²) in [5.74, 6) is -1.33. The van der Waals surface area contributed by atoms with E-state index in [2.05, 4.69) is 17.0 Å². The largest absolute Gasteiger partial charge is 0.496 e. The normalized spacial score (nSPS) is 31.6. The zero-order valence-electron chi connectivity index (χ0n) is 20.2. The van der Waals surface area contributed by atoms with Crippen molar-refractivity contribution in [2.75, 3.05) is 27.3 Å². The van der Waals surface area contributed by atoms with Crippen molar-refractivity contribution in [2.45, 2.75) is 73.6 Å². The van der Waals surface area contributed by atoms with Crippen LogP contribution in [-0.4, -0.2) is 65.7 Å². The highest BCUT2D eigenvalue weighted by molar-refractivity contribution is 8.00. The summed E-state index contributed by atoms with van der Waals surface area (Å²) in [6.07, 6.45) is 7.63. The van der Waals surface area contributed by atoms with E-state index in [4.69, 9.17) is 9.47 Å². The molecule has 1 saturated carbocycles. The quantitative estimate of drug-likeness (QED) is 0.447. The van der Waals surface area contributed by atoms with E-state index in [9.17, 15) is 14.4 Å². The second-order valence-corrected chi connectivity index (χ2v) is 11.2. The SMILES string of the molecule is CCN1C(=O)[C@@H]2[C@@H](c3ccc(SC4CCCCC4)c(OC)c3)N3CCC[C@@]3(C(=O)OC)[C@@H]2C1=O. The molecule has 0 N–H and O–H groups in total. The van der Waals surface area contributed by atoms with Gasteiger partial charge in [0.25, 0.3) is 0 Å². The first-order valence-corrected chi connectivity index (χ1v) is 13.4. The molecule has 4 aliphatic rings. The van der Waals surface area contributed by atoms with E-state index in [0.29, 0.717) is 24.8 Å². The third-order valence-corrected chi connectivity index (χ3v) is 9.73. The van der Waals surface area contributed by atoms with Gasteiger partial charge in [0.05, 0.1) is 26.1 Å². The topological polar surface area (TPSA) is 76.2 Å². The van der Waals surface area contributed by atoms with Crippen LogP contribution in [0.2, 0.25) is 0 Å². The van der Waals surface area contributed by atoms with Gasteiger partial charge >= 0.3 is 5.97 Å². The number of imide groups is 1. The maximum atomic E-state index is 13.5. The maximum absolute atomic E-state index is 13.5. The molecule has 4 fully saturated rings. The molecule has 1 aromatic rings. The Bertz CT molecular complexity index is 993. The Kier molecular flexibility index (Phi) is 6.40. The van der Waals surface area contributed by atoms with Gasteiger partial charge in [-0.3, -0.25) is 24.2 Å². The molecule has 0 aromatic heterocycles. The first kappa shape index (κ1) is 23.7. The Labute approximate surface area is 205 Å². The maximum Gasteiger partial charge on any atom is 0.327 e. The standard InChI is InChI=1S/C26H34N2O5S/c1-4-27-23(29)20-21(24(27)30)26(25(31)33-3)13-8-14-28(26)22(20)16-11-12-19(18(15-16)32-2)34-17-9-6-5-7-10-17/h11-12,15,17,20-22H,4-10,13-14H2,1-3H3/t20-,21-,22+,26-/m0/s1. The highest BCUT2D eigenvalue weighted by Gasteiger charge is 2.73. The van der Waals surface area contributed by atoms with Crippen LogP contribution >= 0.6 is 11.8 Å². The van der Waals surface area contributed by atoms with Crippen LogP contribution in [0.3, 0.4) is 0 Å². The Morgan fingerprint density at radius 1 is 1.12 bits per heavy atom. The van der Waals surface area contributed by atoms with Crippen molar-refractivity contribution >= 4 is 29.5 Å². The second-order valence-electron chi connectivity index (χ2n) is 9.87. The minimum absolute atomic E-state index is 0.181. The van der Waals surface area contributed by atoms with Gasteiger partial charge in [-0.2, -0.15) is 0 Å². The number of nitrogens with zero attached hydrogens (tertiary/aromatic N) is 2. The summed E-state index contributed by atoms with van der Waals surface area (Å²) in [5.41, 5.74) is -0.157. The lowest BCUT2D eigenvalue weighted by molar-refractivity contribution is -0.159. The molecular weight excluding hydrogens is 452 g/mol. The molecule has 3 saturated heterocycles. The summed E-state index contributed by atoms with van der Waals surface area (Å²) in [6, 6.07) is 5.82. The van der Waals surface area contributed by atoms with Gasteiger partial charge in [0.15, 0.2) is 0 Å². The van der Waals surface area contributed by atoms with Crippen molar-refractivity contribution in [1.82, 2.24) is 9.80 Å². The predicted octanol–water partition coefficient (Wildman–Crippen LogP) is 3.80. The summed E-state index contributed by atoms with van der Waals surface area (Å²) in [6.45, 7) is 2.78. The molecule has 8 heteroatoms. The zero-order chi connectivity index (χ0) is 24.0. The van der Waals surface area contributed by atoms with Crippen LogP contribution in [0.5, 0.6) is 5.75 Å². The summed E-state index contributed by atoms with van der Waals surface area (Å²) in [4.78, 5) is 44.6. The number of likely N-dealkylation sites (tertiary alicyclic amines) is 1. The molecule has 3 heterocycles. The molecule has 0 spiro atoms. The van der Waals surface area contributed by atoms with Gasteiger partial charge in [0.2, 0.25) is 11.8 Å². The third-order valence-electron chi connectivity index (χ3n) is 8.33. The molecule has 3 aliphatic heterocycles. The van der Waals surface area contributed by atoms with Crippen LogP contribution in [-0.2, 0) is 19.1 Å². The summed E-state index contributed by atoms with van der Waals surface area (Å²) in [7, 11) is 3.05. The van der Waals surface area contributed by atoms with E-state index in [1.807, 2.05) is 24.8 Å². The van der Waals surface area contributed by atoms with E-state index in [1.54, 1.807) is 7.11 Å². The lowest BCUT2D eigenvalue weighted by Gasteiger charge is -2.36. The smallest absolute Gasteiger partial charge is 0.327 e. The number of ether oxygens (including phenoxy) is 2. The molecule has 2 amide bonds. The van der Waals surface area contributed by atoms with Crippen molar-refractivity contribution in [3.63, 3.8) is 0 Å². The van der Waals surface area contributed by atoms with Crippen molar-refractivity contribution in [3.8, 4) is 5.75 Å². The number of fused-ring (bicyclic) bond motifs is 3. The molecule has 184 valence electrons. The van der Waals surface area contributed by atoms with Crippen LogP contribution in [0, 0.1) is 11.8 Å². The lowest BCUT2D eigenvalue weighted by atomic mass is 9.77. The van der Waals surface area contributed by atoms with Crippen LogP contribution in [0.1, 0.15) is 63.5 Å². The molecule has 7 nitrogen and oxygen atoms in total. The summed E-state index contributed by atoms with van der Waals surface area (Å²) < 4.78 is 11.0. The van der Waals surface area contributed by atoms with Gasteiger partial charge in [-0.1, -0.05) is 25.3 Å². The molecule has 1 aromatic carbocycles. The molecule has 4 atom stereocenters. The van der Waals surface area contributed by atoms with Gasteiger partial charge in [-0.25, -0.2) is 0 Å². The Morgan fingerprint density at radius 2 is 1.88 bits per heavy atom. The first-order chi connectivity index (χ1) is 16.5. The minimum Gasteiger partial charge on any atom is -0.496 e. The average molecular weight is 487 g/mol. The number of carbonyl (C=O) groups excluding carboxylic acids is 3. The summed E-state index contributed by atoms with van der Waals surface area (Å²) >= 11 is 1.88. The van der Waals surface area contributed by atoms with Gasteiger partial charge in [0.1, 0.15) is 11.3 Å². The number of carbonyl (C=O) groups is 3. The van der Waals surface area contributed by atoms with E-state index >= 15 is 0 Å². The second kappa shape index (κ2) is 9.19. The number of rotatable bonds is 6. The number of hydrogen-bond donors (Lipinski definition) is 0. The number of hydrogen-bond acceptors (Lipinski definition) is 7. The predicted molar refractivity (Wildman–Crippen MR) is 129 cm³/mol. The van der Waals surface area contributed by atoms with Crippen molar-refractivity contribution in [3.05, 3.63) is 23.8 Å². The van der Waals surface area contributed by atoms with Gasteiger partial charge in [-0.15, -0.1) is 11.8 Å². The molecular formula is C26H34N2O5S. The number of methoxy groups -OCH3 is 2. The van der Waals surface area contributed by atoms with E-state index in [0.717, 1.165) is 22.6 Å². The first-order valence-electron chi connectivity index (χ1n) is 12.5. The molecule has 0 unspecified atom stereocenters. The zero-order valence-corrected chi connectivity index (χ0v) is 21.1. The fraction of sp³-hybridized carbons (Fsp3) is 0.654. The van der Waals surface area contributed by atoms with Crippen molar-refractivity contribution < 1.29 is 23.9 Å². The average Bonchev–Trinajstić information content (AvgIpc) is 3.48. The lowest BCUT2D eigenvalue weighted by Crippen LogP contribution is -2.54. The van der Waals surface area contributed by atoms with Crippen molar-refractivity contribution in [2.24, 2.45) is 11.8 Å². The monoisotopic (exact) mass is 486 g/mol. The fourth-order valence-electron chi connectivity index (χ4n) is 6.90. The molecule has 0 bridgehead atoms. The van der Waals surface area contributed by atoms with Crippen molar-refractivity contribution in [1.29, 1.82) is 0 Å². The van der Waals surface area contributed by atoms with Gasteiger partial charge in [0, 0.05) is 22.7 Å².